The highest BCUT2D eigenvalue weighted by Crippen LogP contribution is 1.59. The van der Waals surface area contributed by atoms with Crippen LogP contribution in [0.4, 0.5) is 0 Å². The molecule has 0 aliphatic rings. The molecule has 0 aliphatic heterocycles. The molecule has 0 fully saturated rings. The average Bonchev–Trinajstić information content (AvgIpc) is 0.811. The Morgan fingerprint density at radius 3 is 2.00 bits per heavy atom. The molecular weight excluding hydrogens is 68.1 g/mol. The molecule has 0 saturated carbocycles. The summed E-state index contributed by atoms with van der Waals surface area (Å²) in [6.07, 6.45) is 0. The van der Waals surface area contributed by atoms with Crippen LogP contribution in [0, 0.1) is 0 Å². The van der Waals surface area contributed by atoms with E-state index in [0.29, 0.717) is 0 Å². The van der Waals surface area contributed by atoms with E-state index in [-0.39, 0.29) is 5.73 Å². The van der Waals surface area contributed by atoms with Crippen LogP contribution in [-0.2, 0) is 5.11 Å². The van der Waals surface area contributed by atoms with Crippen LogP contribution in [0.15, 0.2) is 0 Å². The van der Waals surface area contributed by atoms with Crippen molar-refractivity contribution in [2.24, 2.45) is 0 Å². The minimum atomic E-state index is -0.278. The minimum absolute atomic E-state index is 0.278. The molecule has 2 heteroatoms. The summed E-state index contributed by atoms with van der Waals surface area (Å²) >= 11 is 0. The zero-order valence-electron chi connectivity index (χ0n) is 2.99. The molecule has 1 nitrogen and oxygen atoms in total. The quantitative estimate of drug-likeness (QED) is 0.333. The Balaban J connectivity index is 2.32. The minimum Gasteiger partial charge on any atom is -0.238 e. The van der Waals surface area contributed by atoms with Gasteiger partial charge in [-0.05, 0) is 6.92 Å². The Morgan fingerprint density at radius 2 is 2.00 bits per heavy atom. The molecule has 0 rings (SSSR count). The van der Waals surface area contributed by atoms with Gasteiger partial charge in [0.15, 0.2) is 0 Å². The lowest BCUT2D eigenvalue weighted by atomic mass is 10.9. The maximum Gasteiger partial charge on any atom is 0.0703 e. The zero-order valence-corrected chi connectivity index (χ0v) is 4.99. The third-order valence-electron chi connectivity index (χ3n) is 0. The maximum absolute atomic E-state index is 9.59. The predicted molar refractivity (Wildman–Crippen MR) is 20.1 cm³/mol. The van der Waals surface area contributed by atoms with E-state index in [1.807, 2.05) is 0 Å². The van der Waals surface area contributed by atoms with Crippen molar-refractivity contribution in [1.82, 2.24) is 0 Å². The van der Waals surface area contributed by atoms with Gasteiger partial charge < -0.3 is 0 Å². The summed E-state index contributed by atoms with van der Waals surface area (Å²) in [5, 5.41) is 9.59. The van der Waals surface area contributed by atoms with Gasteiger partial charge in [0.05, 0.1) is 5.73 Å². The molecule has 0 heterocycles. The van der Waals surface area contributed by atoms with Crippen molar-refractivity contribution in [3.05, 3.63) is 0 Å². The van der Waals surface area contributed by atoms with Crippen molar-refractivity contribution in [3.63, 3.8) is 0 Å². The lowest BCUT2D eigenvalue weighted by Gasteiger charge is -1.74. The van der Waals surface area contributed by atoms with Crippen LogP contribution in [0.25, 0.3) is 0 Å². The Kier molecular flexibility index (Phi) is 1.56. The molecule has 0 aliphatic carbocycles. The highest BCUT2D eigenvalue weighted by atomic mass is 28.1. The van der Waals surface area contributed by atoms with Gasteiger partial charge in [0.25, 0.3) is 0 Å². The van der Waals surface area contributed by atoms with Gasteiger partial charge in [-0.25, -0.2) is 5.11 Å². The van der Waals surface area contributed by atoms with Gasteiger partial charge in [0.1, 0.15) is 0 Å². The van der Waals surface area contributed by atoms with Crippen LogP contribution in [0.5, 0.6) is 0 Å². The van der Waals surface area contributed by atoms with E-state index in [4.69, 9.17) is 0 Å². The van der Waals surface area contributed by atoms with E-state index in [0.717, 1.165) is 10.2 Å². The first kappa shape index (κ1) is 4.18. The SMILES string of the molecule is CC([O])[SiH3]. The molecule has 0 saturated heterocycles. The summed E-state index contributed by atoms with van der Waals surface area (Å²) in [5.41, 5.74) is -0.278. The first-order valence-corrected chi connectivity index (χ1v) is 2.55. The van der Waals surface area contributed by atoms with Crippen LogP contribution in [0.3, 0.4) is 0 Å². The van der Waals surface area contributed by atoms with Crippen LogP contribution >= 0.6 is 0 Å². The molecule has 0 spiro atoms. The average molecular weight is 75.2 g/mol. The highest BCUT2D eigenvalue weighted by molar-refractivity contribution is 6.10. The Bertz CT molecular complexity index is 10.8. The van der Waals surface area contributed by atoms with Gasteiger partial charge in [-0.2, -0.15) is 0 Å². The third-order valence-corrected chi connectivity index (χ3v) is 0. The van der Waals surface area contributed by atoms with Gasteiger partial charge in [0, 0.05) is 10.2 Å². The normalized spacial score (nSPS) is 16.5. The van der Waals surface area contributed by atoms with Gasteiger partial charge in [0.2, 0.25) is 0 Å². The molecular formula is C2H7OSi. The molecule has 0 bridgehead atoms. The lowest BCUT2D eigenvalue weighted by Crippen LogP contribution is -1.91. The topological polar surface area (TPSA) is 19.9 Å². The summed E-state index contributed by atoms with van der Waals surface area (Å²) in [7, 11) is 0.793. The first-order valence-electron chi connectivity index (χ1n) is 1.39. The Labute approximate surface area is 29.1 Å². The fourth-order valence-electron chi connectivity index (χ4n) is 0. The van der Waals surface area contributed by atoms with E-state index in [1.165, 1.54) is 0 Å². The summed E-state index contributed by atoms with van der Waals surface area (Å²) in [6.45, 7) is 1.67. The van der Waals surface area contributed by atoms with Crippen LogP contribution < -0.4 is 0 Å². The molecule has 0 amide bonds. The summed E-state index contributed by atoms with van der Waals surface area (Å²) in [4.78, 5) is 0. The molecule has 0 N–H and O–H groups in total. The standard InChI is InChI=1S/C2H7OSi/c1-2(3)4/h2H,1,4H3. The smallest absolute Gasteiger partial charge is 0.0703 e. The molecule has 1 atom stereocenters. The molecule has 25 valence electrons. The van der Waals surface area contributed by atoms with E-state index in [9.17, 15) is 5.11 Å². The second-order valence-corrected chi connectivity index (χ2v) is 2.67. The number of hydrogen-bond acceptors (Lipinski definition) is 0. The van der Waals surface area contributed by atoms with Crippen LogP contribution in [0.2, 0.25) is 0 Å². The largest absolute Gasteiger partial charge is 0.238 e. The monoisotopic (exact) mass is 75.0 g/mol. The highest BCUT2D eigenvalue weighted by Gasteiger charge is 1.73. The molecule has 0 aromatic heterocycles. The zero-order chi connectivity index (χ0) is 3.58. The second kappa shape index (κ2) is 1.49. The molecule has 1 unspecified atom stereocenters. The molecule has 0 aromatic rings. The number of hydrogen-bond donors (Lipinski definition) is 0. The van der Waals surface area contributed by atoms with Gasteiger partial charge in [-0.1, -0.05) is 0 Å². The second-order valence-electron chi connectivity index (χ2n) is 1.05. The van der Waals surface area contributed by atoms with E-state index in [2.05, 4.69) is 0 Å². The molecule has 0 aromatic carbocycles. The fourth-order valence-corrected chi connectivity index (χ4v) is 0. The summed E-state index contributed by atoms with van der Waals surface area (Å²) in [6, 6.07) is 0. The van der Waals surface area contributed by atoms with Crippen LogP contribution in [-0.4, -0.2) is 16.0 Å². The summed E-state index contributed by atoms with van der Waals surface area (Å²) in [5.74, 6) is 0. The Hall–Kier alpha value is 0.177. The van der Waals surface area contributed by atoms with Gasteiger partial charge >= 0.3 is 0 Å². The van der Waals surface area contributed by atoms with Crippen molar-refractivity contribution >= 4 is 10.2 Å². The van der Waals surface area contributed by atoms with Gasteiger partial charge in [-0.3, -0.25) is 0 Å². The predicted octanol–water partition coefficient (Wildman–Crippen LogP) is -0.872. The van der Waals surface area contributed by atoms with Crippen molar-refractivity contribution in [1.29, 1.82) is 0 Å². The summed E-state index contributed by atoms with van der Waals surface area (Å²) < 4.78 is 0. The van der Waals surface area contributed by atoms with E-state index in [1.54, 1.807) is 6.92 Å². The van der Waals surface area contributed by atoms with Crippen LogP contribution in [0.1, 0.15) is 6.92 Å². The van der Waals surface area contributed by atoms with Crippen molar-refractivity contribution in [2.75, 3.05) is 0 Å². The molecule has 4 heavy (non-hydrogen) atoms. The van der Waals surface area contributed by atoms with Crippen molar-refractivity contribution < 1.29 is 5.11 Å². The Morgan fingerprint density at radius 1 is 2.00 bits per heavy atom. The van der Waals surface area contributed by atoms with Crippen molar-refractivity contribution in [3.8, 4) is 0 Å². The van der Waals surface area contributed by atoms with Gasteiger partial charge in [-0.15, -0.1) is 0 Å². The fraction of sp³-hybridized carbons (Fsp3) is 1.00. The molecule has 1 radical (unpaired) electrons. The lowest BCUT2D eigenvalue weighted by molar-refractivity contribution is 0.174. The van der Waals surface area contributed by atoms with E-state index < -0.39 is 0 Å². The number of rotatable bonds is 0. The van der Waals surface area contributed by atoms with E-state index >= 15 is 0 Å². The van der Waals surface area contributed by atoms with Crippen molar-refractivity contribution in [2.45, 2.75) is 12.7 Å². The third kappa shape index (κ3) is 96.4. The maximum atomic E-state index is 9.59. The first-order chi connectivity index (χ1) is 1.73.